The van der Waals surface area contributed by atoms with E-state index < -0.39 is 6.04 Å². The standard InChI is InChI=1S/C17H20N2OS/c1-21-12-11-16(18)17(20)19-15-9-7-14(8-10-15)13-5-3-2-4-6-13/h2-10,16H,11-12,18H2,1H3,(H,19,20)/t16-/m0/s1. The summed E-state index contributed by atoms with van der Waals surface area (Å²) in [6.45, 7) is 0. The number of thioether (sulfide) groups is 1. The van der Waals surface area contributed by atoms with Crippen LogP contribution >= 0.6 is 11.8 Å². The monoisotopic (exact) mass is 300 g/mol. The molecular weight excluding hydrogens is 280 g/mol. The molecule has 2 rings (SSSR count). The lowest BCUT2D eigenvalue weighted by atomic mass is 10.1. The van der Waals surface area contributed by atoms with Crippen molar-refractivity contribution in [1.29, 1.82) is 0 Å². The largest absolute Gasteiger partial charge is 0.325 e. The van der Waals surface area contributed by atoms with Gasteiger partial charge in [-0.05, 0) is 41.7 Å². The van der Waals surface area contributed by atoms with Crippen molar-refractivity contribution in [3.05, 3.63) is 54.6 Å². The maximum Gasteiger partial charge on any atom is 0.241 e. The summed E-state index contributed by atoms with van der Waals surface area (Å²) < 4.78 is 0. The van der Waals surface area contributed by atoms with Crippen molar-refractivity contribution in [2.75, 3.05) is 17.3 Å². The zero-order valence-corrected chi connectivity index (χ0v) is 12.9. The van der Waals surface area contributed by atoms with E-state index in [1.165, 1.54) is 0 Å². The molecule has 2 aromatic carbocycles. The Bertz CT molecular complexity index is 569. The molecule has 0 aliphatic rings. The third-order valence-corrected chi connectivity index (χ3v) is 3.87. The molecule has 0 saturated carbocycles. The number of hydrogen-bond donors (Lipinski definition) is 2. The van der Waals surface area contributed by atoms with E-state index in [4.69, 9.17) is 5.73 Å². The van der Waals surface area contributed by atoms with Crippen LogP contribution in [-0.2, 0) is 4.79 Å². The average Bonchev–Trinajstić information content (AvgIpc) is 2.54. The Morgan fingerprint density at radius 3 is 2.33 bits per heavy atom. The lowest BCUT2D eigenvalue weighted by Gasteiger charge is -2.12. The molecule has 0 unspecified atom stereocenters. The van der Waals surface area contributed by atoms with Crippen LogP contribution < -0.4 is 11.1 Å². The summed E-state index contributed by atoms with van der Waals surface area (Å²) in [5.41, 5.74) is 8.91. The molecule has 21 heavy (non-hydrogen) atoms. The first-order valence-corrected chi connectivity index (χ1v) is 8.31. The number of nitrogens with two attached hydrogens (primary N) is 1. The van der Waals surface area contributed by atoms with Gasteiger partial charge in [-0.3, -0.25) is 4.79 Å². The first kappa shape index (κ1) is 15.6. The van der Waals surface area contributed by atoms with Crippen LogP contribution in [0.4, 0.5) is 5.69 Å². The fraction of sp³-hybridized carbons (Fsp3) is 0.235. The van der Waals surface area contributed by atoms with Gasteiger partial charge in [-0.2, -0.15) is 11.8 Å². The minimum atomic E-state index is -0.453. The van der Waals surface area contributed by atoms with Crippen LogP contribution in [0.1, 0.15) is 6.42 Å². The van der Waals surface area contributed by atoms with Gasteiger partial charge < -0.3 is 11.1 Å². The molecule has 2 aromatic rings. The summed E-state index contributed by atoms with van der Waals surface area (Å²) in [6, 6.07) is 17.5. The van der Waals surface area contributed by atoms with Gasteiger partial charge in [0.05, 0.1) is 6.04 Å². The normalized spacial score (nSPS) is 11.9. The van der Waals surface area contributed by atoms with Crippen molar-refractivity contribution in [3.63, 3.8) is 0 Å². The highest BCUT2D eigenvalue weighted by Gasteiger charge is 2.12. The molecular formula is C17H20N2OS. The van der Waals surface area contributed by atoms with Gasteiger partial charge in [-0.1, -0.05) is 42.5 Å². The van der Waals surface area contributed by atoms with Crippen LogP contribution in [0, 0.1) is 0 Å². The number of benzene rings is 2. The Hall–Kier alpha value is -1.78. The minimum Gasteiger partial charge on any atom is -0.325 e. The van der Waals surface area contributed by atoms with Gasteiger partial charge in [-0.15, -0.1) is 0 Å². The maximum absolute atomic E-state index is 11.9. The Balaban J connectivity index is 1.98. The van der Waals surface area contributed by atoms with E-state index >= 15 is 0 Å². The second-order valence-electron chi connectivity index (χ2n) is 4.82. The number of amides is 1. The van der Waals surface area contributed by atoms with E-state index in [1.54, 1.807) is 11.8 Å². The summed E-state index contributed by atoms with van der Waals surface area (Å²) >= 11 is 1.69. The second kappa shape index (κ2) is 7.86. The maximum atomic E-state index is 11.9. The number of carbonyl (C=O) groups is 1. The van der Waals surface area contributed by atoms with Crippen LogP contribution in [0.25, 0.3) is 11.1 Å². The molecule has 0 aliphatic heterocycles. The molecule has 1 atom stereocenters. The van der Waals surface area contributed by atoms with Crippen molar-refractivity contribution in [2.45, 2.75) is 12.5 Å². The molecule has 1 amide bonds. The van der Waals surface area contributed by atoms with Crippen molar-refractivity contribution in [3.8, 4) is 11.1 Å². The fourth-order valence-electron chi connectivity index (χ4n) is 1.99. The van der Waals surface area contributed by atoms with Gasteiger partial charge in [0.15, 0.2) is 0 Å². The molecule has 0 bridgehead atoms. The molecule has 0 heterocycles. The van der Waals surface area contributed by atoms with Crippen LogP contribution in [0.5, 0.6) is 0 Å². The zero-order chi connectivity index (χ0) is 15.1. The molecule has 3 nitrogen and oxygen atoms in total. The Morgan fingerprint density at radius 2 is 1.71 bits per heavy atom. The molecule has 0 aliphatic carbocycles. The molecule has 110 valence electrons. The minimum absolute atomic E-state index is 0.128. The molecule has 0 spiro atoms. The van der Waals surface area contributed by atoms with Crippen LogP contribution in [0.15, 0.2) is 54.6 Å². The van der Waals surface area contributed by atoms with Crippen molar-refractivity contribution >= 4 is 23.4 Å². The van der Waals surface area contributed by atoms with Gasteiger partial charge in [0.2, 0.25) is 5.91 Å². The summed E-state index contributed by atoms with van der Waals surface area (Å²) in [5, 5.41) is 2.86. The Labute approximate surface area is 129 Å². The average molecular weight is 300 g/mol. The molecule has 0 radical (unpaired) electrons. The Morgan fingerprint density at radius 1 is 1.10 bits per heavy atom. The number of carbonyl (C=O) groups excluding carboxylic acids is 1. The van der Waals surface area contributed by atoms with E-state index in [1.807, 2.05) is 48.7 Å². The first-order chi connectivity index (χ1) is 10.2. The number of anilines is 1. The zero-order valence-electron chi connectivity index (χ0n) is 12.1. The van der Waals surface area contributed by atoms with Crippen LogP contribution in [0.2, 0.25) is 0 Å². The molecule has 0 fully saturated rings. The number of rotatable bonds is 6. The van der Waals surface area contributed by atoms with Crippen LogP contribution in [0.3, 0.4) is 0 Å². The summed E-state index contributed by atoms with van der Waals surface area (Å²) in [5.74, 6) is 0.762. The quantitative estimate of drug-likeness (QED) is 0.860. The summed E-state index contributed by atoms with van der Waals surface area (Å²) in [6.07, 6.45) is 2.70. The fourth-order valence-corrected chi connectivity index (χ4v) is 2.48. The van der Waals surface area contributed by atoms with Crippen molar-refractivity contribution in [2.24, 2.45) is 5.73 Å². The first-order valence-electron chi connectivity index (χ1n) is 6.91. The predicted octanol–water partition coefficient (Wildman–Crippen LogP) is 3.37. The Kier molecular flexibility index (Phi) is 5.84. The van der Waals surface area contributed by atoms with Gasteiger partial charge in [-0.25, -0.2) is 0 Å². The molecule has 4 heteroatoms. The highest BCUT2D eigenvalue weighted by atomic mass is 32.2. The van der Waals surface area contributed by atoms with Gasteiger partial charge in [0.25, 0.3) is 0 Å². The topological polar surface area (TPSA) is 55.1 Å². The van der Waals surface area contributed by atoms with Crippen molar-refractivity contribution < 1.29 is 4.79 Å². The van der Waals surface area contributed by atoms with Crippen molar-refractivity contribution in [1.82, 2.24) is 0 Å². The van der Waals surface area contributed by atoms with E-state index in [-0.39, 0.29) is 5.91 Å². The molecule has 0 aromatic heterocycles. The number of nitrogens with one attached hydrogen (secondary N) is 1. The lowest BCUT2D eigenvalue weighted by Crippen LogP contribution is -2.36. The molecule has 0 saturated heterocycles. The highest BCUT2D eigenvalue weighted by molar-refractivity contribution is 7.98. The van der Waals surface area contributed by atoms with E-state index in [0.717, 1.165) is 22.6 Å². The van der Waals surface area contributed by atoms with E-state index in [9.17, 15) is 4.79 Å². The van der Waals surface area contributed by atoms with Gasteiger partial charge in [0.1, 0.15) is 0 Å². The number of hydrogen-bond acceptors (Lipinski definition) is 3. The van der Waals surface area contributed by atoms with E-state index in [2.05, 4.69) is 17.4 Å². The SMILES string of the molecule is CSCC[C@H](N)C(=O)Nc1ccc(-c2ccccc2)cc1. The highest BCUT2D eigenvalue weighted by Crippen LogP contribution is 2.21. The predicted molar refractivity (Wildman–Crippen MR) is 91.5 cm³/mol. The summed E-state index contributed by atoms with van der Waals surface area (Å²) in [4.78, 5) is 11.9. The third kappa shape index (κ3) is 4.62. The van der Waals surface area contributed by atoms with Gasteiger partial charge >= 0.3 is 0 Å². The molecule has 3 N–H and O–H groups in total. The lowest BCUT2D eigenvalue weighted by molar-refractivity contribution is -0.117. The third-order valence-electron chi connectivity index (χ3n) is 3.23. The van der Waals surface area contributed by atoms with E-state index in [0.29, 0.717) is 6.42 Å². The summed E-state index contributed by atoms with van der Waals surface area (Å²) in [7, 11) is 0. The van der Waals surface area contributed by atoms with Crippen LogP contribution in [-0.4, -0.2) is 24.0 Å². The second-order valence-corrected chi connectivity index (χ2v) is 5.81. The smallest absolute Gasteiger partial charge is 0.241 e. The van der Waals surface area contributed by atoms with Gasteiger partial charge in [0, 0.05) is 5.69 Å².